The summed E-state index contributed by atoms with van der Waals surface area (Å²) in [5.41, 5.74) is 1.43. The number of hydrogen-bond acceptors (Lipinski definition) is 2. The smallest absolute Gasteiger partial charge is 0.267 e. The molecule has 0 spiro atoms. The molecule has 1 aliphatic rings. The lowest BCUT2D eigenvalue weighted by Gasteiger charge is -2.17. The van der Waals surface area contributed by atoms with E-state index in [1.54, 1.807) is 12.1 Å². The fourth-order valence-corrected chi connectivity index (χ4v) is 2.05. The molecule has 1 aromatic carbocycles. The zero-order valence-corrected chi connectivity index (χ0v) is 10.5. The van der Waals surface area contributed by atoms with Crippen LogP contribution in [-0.4, -0.2) is 11.8 Å². The van der Waals surface area contributed by atoms with Crippen molar-refractivity contribution in [1.82, 2.24) is 0 Å². The van der Waals surface area contributed by atoms with E-state index in [1.807, 2.05) is 19.1 Å². The number of halogens is 2. The van der Waals surface area contributed by atoms with E-state index in [-0.39, 0.29) is 10.1 Å². The van der Waals surface area contributed by atoms with Gasteiger partial charge in [0.05, 0.1) is 5.69 Å². The quantitative estimate of drug-likeness (QED) is 0.775. The number of nitrogens with zero attached hydrogens (tertiary/aromatic N) is 1. The predicted octanol–water partition coefficient (Wildman–Crippen LogP) is 2.81. The molecule has 2 rings (SSSR count). The molecule has 0 N–H and O–H groups in total. The first-order valence-electron chi connectivity index (χ1n) is 5.10. The number of anilines is 1. The van der Waals surface area contributed by atoms with Gasteiger partial charge < -0.3 is 0 Å². The Morgan fingerprint density at radius 2 is 1.59 bits per heavy atom. The third-order valence-electron chi connectivity index (χ3n) is 2.59. The number of amides is 2. The van der Waals surface area contributed by atoms with E-state index in [0.717, 1.165) is 10.5 Å². The van der Waals surface area contributed by atoms with Crippen LogP contribution in [0.25, 0.3) is 0 Å². The second-order valence-corrected chi connectivity index (χ2v) is 4.31. The number of hydrogen-bond donors (Lipinski definition) is 0. The minimum Gasteiger partial charge on any atom is -0.267 e. The zero-order valence-electron chi connectivity index (χ0n) is 9.04. The Morgan fingerprint density at radius 3 is 2.12 bits per heavy atom. The molecule has 0 aromatic heterocycles. The summed E-state index contributed by atoms with van der Waals surface area (Å²) in [6.07, 6.45) is 0.711. The fourth-order valence-electron chi connectivity index (χ4n) is 1.72. The first-order chi connectivity index (χ1) is 8.07. The SMILES string of the molecule is CCc1ccccc1N1C(=O)C(Cl)=C(Cl)C1=O. The maximum atomic E-state index is 11.8. The molecule has 1 aliphatic heterocycles. The normalized spacial score (nSPS) is 16.1. The summed E-state index contributed by atoms with van der Waals surface area (Å²) < 4.78 is 0. The van der Waals surface area contributed by atoms with Crippen molar-refractivity contribution in [3.8, 4) is 0 Å². The first kappa shape index (κ1) is 12.1. The summed E-state index contributed by atoms with van der Waals surface area (Å²) >= 11 is 11.4. The van der Waals surface area contributed by atoms with Crippen molar-refractivity contribution in [3.63, 3.8) is 0 Å². The largest absolute Gasteiger partial charge is 0.278 e. The van der Waals surface area contributed by atoms with Gasteiger partial charge >= 0.3 is 0 Å². The number of aryl methyl sites for hydroxylation is 1. The van der Waals surface area contributed by atoms with Gasteiger partial charge in [0.15, 0.2) is 0 Å². The van der Waals surface area contributed by atoms with Crippen molar-refractivity contribution >= 4 is 40.7 Å². The summed E-state index contributed by atoms with van der Waals surface area (Å²) in [4.78, 5) is 24.7. The summed E-state index contributed by atoms with van der Waals surface area (Å²) in [7, 11) is 0. The van der Waals surface area contributed by atoms with Crippen LogP contribution >= 0.6 is 23.2 Å². The van der Waals surface area contributed by atoms with Crippen molar-refractivity contribution in [2.45, 2.75) is 13.3 Å². The van der Waals surface area contributed by atoms with Gasteiger partial charge in [0.2, 0.25) is 0 Å². The molecule has 2 amide bonds. The highest BCUT2D eigenvalue weighted by atomic mass is 35.5. The molecule has 0 saturated heterocycles. The number of imide groups is 1. The van der Waals surface area contributed by atoms with E-state index < -0.39 is 11.8 Å². The van der Waals surface area contributed by atoms with Crippen LogP contribution < -0.4 is 4.90 Å². The Hall–Kier alpha value is -1.32. The Morgan fingerprint density at radius 1 is 1.06 bits per heavy atom. The van der Waals surface area contributed by atoms with Gasteiger partial charge in [-0.2, -0.15) is 0 Å². The van der Waals surface area contributed by atoms with Crippen LogP contribution in [0.3, 0.4) is 0 Å². The average Bonchev–Trinajstić information content (AvgIpc) is 2.54. The van der Waals surface area contributed by atoms with Crippen LogP contribution in [0, 0.1) is 0 Å². The minimum absolute atomic E-state index is 0.220. The van der Waals surface area contributed by atoms with Crippen LogP contribution in [-0.2, 0) is 16.0 Å². The summed E-state index contributed by atoms with van der Waals surface area (Å²) in [6.45, 7) is 1.94. The molecule has 0 atom stereocenters. The van der Waals surface area contributed by atoms with Gasteiger partial charge in [0.25, 0.3) is 11.8 Å². The number of para-hydroxylation sites is 1. The van der Waals surface area contributed by atoms with Crippen LogP contribution in [0.5, 0.6) is 0 Å². The second-order valence-electron chi connectivity index (χ2n) is 3.56. The van der Waals surface area contributed by atoms with Crippen molar-refractivity contribution in [2.75, 3.05) is 4.90 Å². The lowest BCUT2D eigenvalue weighted by Crippen LogP contribution is -2.31. The van der Waals surface area contributed by atoms with Gasteiger partial charge in [-0.15, -0.1) is 0 Å². The molecule has 0 saturated carbocycles. The third kappa shape index (κ3) is 1.85. The Kier molecular flexibility index (Phi) is 3.22. The summed E-state index contributed by atoms with van der Waals surface area (Å²) in [6, 6.07) is 7.17. The number of carbonyl (C=O) groups excluding carboxylic acids is 2. The first-order valence-corrected chi connectivity index (χ1v) is 5.85. The molecule has 17 heavy (non-hydrogen) atoms. The molecule has 5 heteroatoms. The molecule has 0 unspecified atom stereocenters. The van der Waals surface area contributed by atoms with Crippen molar-refractivity contribution in [2.24, 2.45) is 0 Å². The van der Waals surface area contributed by atoms with Crippen molar-refractivity contribution < 1.29 is 9.59 Å². The van der Waals surface area contributed by atoms with Crippen molar-refractivity contribution in [1.29, 1.82) is 0 Å². The lowest BCUT2D eigenvalue weighted by atomic mass is 10.1. The van der Waals surface area contributed by atoms with Gasteiger partial charge in [0.1, 0.15) is 10.1 Å². The zero-order chi connectivity index (χ0) is 12.6. The molecule has 0 radical (unpaired) electrons. The molecule has 0 bridgehead atoms. The molecular weight excluding hydrogens is 261 g/mol. The molecular formula is C12H9Cl2NO2. The molecule has 88 valence electrons. The van der Waals surface area contributed by atoms with E-state index in [9.17, 15) is 9.59 Å². The van der Waals surface area contributed by atoms with E-state index >= 15 is 0 Å². The van der Waals surface area contributed by atoms with Crippen LogP contribution in [0.1, 0.15) is 12.5 Å². The van der Waals surface area contributed by atoms with E-state index in [4.69, 9.17) is 23.2 Å². The van der Waals surface area contributed by atoms with Crippen molar-refractivity contribution in [3.05, 3.63) is 39.9 Å². The van der Waals surface area contributed by atoms with Gasteiger partial charge in [-0.1, -0.05) is 48.3 Å². The monoisotopic (exact) mass is 269 g/mol. The Bertz CT molecular complexity index is 513. The highest BCUT2D eigenvalue weighted by molar-refractivity contribution is 6.62. The highest BCUT2D eigenvalue weighted by Crippen LogP contribution is 2.32. The van der Waals surface area contributed by atoms with Gasteiger partial charge in [0, 0.05) is 0 Å². The number of rotatable bonds is 2. The van der Waals surface area contributed by atoms with Gasteiger partial charge in [-0.25, -0.2) is 4.90 Å². The summed E-state index contributed by atoms with van der Waals surface area (Å²) in [5, 5.41) is -0.440. The predicted molar refractivity (Wildman–Crippen MR) is 67.0 cm³/mol. The maximum Gasteiger partial charge on any atom is 0.278 e. The maximum absolute atomic E-state index is 11.8. The van der Waals surface area contributed by atoms with Gasteiger partial charge in [-0.3, -0.25) is 9.59 Å². The highest BCUT2D eigenvalue weighted by Gasteiger charge is 2.38. The Balaban J connectivity index is 2.50. The number of carbonyl (C=O) groups is 2. The molecule has 0 fully saturated rings. The van der Waals surface area contributed by atoms with Crippen LogP contribution in [0.15, 0.2) is 34.3 Å². The molecule has 3 nitrogen and oxygen atoms in total. The van der Waals surface area contributed by atoms with E-state index in [1.165, 1.54) is 0 Å². The standard InChI is InChI=1S/C12H9Cl2NO2/c1-2-7-5-3-4-6-8(7)15-11(16)9(13)10(14)12(15)17/h3-6H,2H2,1H3. The third-order valence-corrected chi connectivity index (χ3v) is 3.39. The van der Waals surface area contributed by atoms with E-state index in [2.05, 4.69) is 0 Å². The fraction of sp³-hybridized carbons (Fsp3) is 0.167. The van der Waals surface area contributed by atoms with Gasteiger partial charge in [-0.05, 0) is 18.1 Å². The topological polar surface area (TPSA) is 37.4 Å². The second kappa shape index (κ2) is 4.51. The number of benzene rings is 1. The lowest BCUT2D eigenvalue weighted by molar-refractivity contribution is -0.120. The van der Waals surface area contributed by atoms with E-state index in [0.29, 0.717) is 12.1 Å². The molecule has 0 aliphatic carbocycles. The minimum atomic E-state index is -0.567. The van der Waals surface area contributed by atoms with Crippen LogP contribution in [0.2, 0.25) is 0 Å². The molecule has 1 aromatic rings. The summed E-state index contributed by atoms with van der Waals surface area (Å²) in [5.74, 6) is -1.13. The van der Waals surface area contributed by atoms with Crippen LogP contribution in [0.4, 0.5) is 5.69 Å². The Labute approximate surface area is 109 Å². The molecule has 1 heterocycles. The average molecular weight is 270 g/mol.